The van der Waals surface area contributed by atoms with Crippen molar-refractivity contribution in [2.24, 2.45) is 0 Å². The van der Waals surface area contributed by atoms with Gasteiger partial charge in [-0.15, -0.1) is 0 Å². The van der Waals surface area contributed by atoms with Crippen LogP contribution < -0.4 is 5.32 Å². The summed E-state index contributed by atoms with van der Waals surface area (Å²) < 4.78 is 0.798. The molecule has 2 aromatic rings. The van der Waals surface area contributed by atoms with Crippen LogP contribution >= 0.6 is 27.5 Å². The fourth-order valence-corrected chi connectivity index (χ4v) is 1.67. The molecule has 82 valence electrons. The van der Waals surface area contributed by atoms with Crippen molar-refractivity contribution in [2.75, 3.05) is 5.32 Å². The molecular formula is C11H8BrClN2O. The molecular weight excluding hydrogens is 291 g/mol. The molecule has 1 amide bonds. The molecule has 0 unspecified atom stereocenters. The van der Waals surface area contributed by atoms with Crippen LogP contribution in [0.1, 0.15) is 10.5 Å². The van der Waals surface area contributed by atoms with Gasteiger partial charge in [-0.3, -0.25) is 4.79 Å². The van der Waals surface area contributed by atoms with Gasteiger partial charge in [-0.2, -0.15) is 0 Å². The van der Waals surface area contributed by atoms with E-state index in [4.69, 9.17) is 11.6 Å². The van der Waals surface area contributed by atoms with Crippen LogP contribution in [0.3, 0.4) is 0 Å². The molecule has 5 heteroatoms. The Morgan fingerprint density at radius 2 is 2.19 bits per heavy atom. The van der Waals surface area contributed by atoms with E-state index in [1.54, 1.807) is 36.5 Å². The zero-order valence-corrected chi connectivity index (χ0v) is 10.5. The van der Waals surface area contributed by atoms with Crippen molar-refractivity contribution in [1.29, 1.82) is 0 Å². The lowest BCUT2D eigenvalue weighted by atomic mass is 10.3. The van der Waals surface area contributed by atoms with Crippen molar-refractivity contribution in [2.45, 2.75) is 0 Å². The highest BCUT2D eigenvalue weighted by Gasteiger charge is 2.07. The highest BCUT2D eigenvalue weighted by molar-refractivity contribution is 9.10. The minimum absolute atomic E-state index is 0.191. The lowest BCUT2D eigenvalue weighted by Crippen LogP contribution is -2.11. The van der Waals surface area contributed by atoms with Crippen LogP contribution in [0.2, 0.25) is 5.02 Å². The summed E-state index contributed by atoms with van der Waals surface area (Å²) in [5.74, 6) is -0.191. The topological polar surface area (TPSA) is 44.9 Å². The fraction of sp³-hybridized carbons (Fsp3) is 0. The van der Waals surface area contributed by atoms with Crippen LogP contribution in [0.5, 0.6) is 0 Å². The van der Waals surface area contributed by atoms with Crippen LogP contribution in [-0.2, 0) is 0 Å². The van der Waals surface area contributed by atoms with Crippen molar-refractivity contribution < 1.29 is 4.79 Å². The molecule has 0 aliphatic carbocycles. The number of rotatable bonds is 2. The van der Waals surface area contributed by atoms with Gasteiger partial charge in [0.1, 0.15) is 5.69 Å². The molecule has 0 radical (unpaired) electrons. The molecule has 0 saturated heterocycles. The summed E-state index contributed by atoms with van der Waals surface area (Å²) in [6, 6.07) is 8.72. The van der Waals surface area contributed by atoms with E-state index in [2.05, 4.69) is 26.2 Å². The first-order chi connectivity index (χ1) is 7.66. The van der Waals surface area contributed by atoms with E-state index in [0.717, 1.165) is 4.47 Å². The van der Waals surface area contributed by atoms with Gasteiger partial charge in [0.2, 0.25) is 0 Å². The minimum Gasteiger partial charge on any atom is -0.357 e. The number of nitrogens with one attached hydrogen (secondary N) is 2. The number of benzene rings is 1. The number of hydrogen-bond donors (Lipinski definition) is 2. The van der Waals surface area contributed by atoms with Crippen LogP contribution in [0.15, 0.2) is 41.0 Å². The zero-order valence-electron chi connectivity index (χ0n) is 8.13. The Kier molecular flexibility index (Phi) is 3.31. The van der Waals surface area contributed by atoms with E-state index in [9.17, 15) is 4.79 Å². The molecule has 0 atom stereocenters. The van der Waals surface area contributed by atoms with Crippen LogP contribution in [0.25, 0.3) is 0 Å². The summed E-state index contributed by atoms with van der Waals surface area (Å²) >= 11 is 9.20. The summed E-state index contributed by atoms with van der Waals surface area (Å²) in [6.07, 6.45) is 1.70. The first-order valence-corrected chi connectivity index (χ1v) is 5.74. The third kappa shape index (κ3) is 2.46. The van der Waals surface area contributed by atoms with Crippen molar-refractivity contribution in [1.82, 2.24) is 4.98 Å². The first-order valence-electron chi connectivity index (χ1n) is 4.56. The maximum Gasteiger partial charge on any atom is 0.272 e. The number of H-pyrrole nitrogens is 1. The Labute approximate surface area is 106 Å². The molecule has 0 fully saturated rings. The van der Waals surface area contributed by atoms with E-state index in [1.807, 2.05) is 0 Å². The smallest absolute Gasteiger partial charge is 0.272 e. The summed E-state index contributed by atoms with van der Waals surface area (Å²) in [6.45, 7) is 0. The van der Waals surface area contributed by atoms with Gasteiger partial charge in [0, 0.05) is 16.4 Å². The average molecular weight is 300 g/mol. The lowest BCUT2D eigenvalue weighted by molar-refractivity contribution is 0.102. The standard InChI is InChI=1S/C11H8BrClN2O/c12-8-4-3-7(6-9(8)13)15-11(16)10-2-1-5-14-10/h1-6,14H,(H,15,16). The van der Waals surface area contributed by atoms with E-state index >= 15 is 0 Å². The van der Waals surface area contributed by atoms with Crippen LogP contribution in [-0.4, -0.2) is 10.9 Å². The predicted molar refractivity (Wildman–Crippen MR) is 67.9 cm³/mol. The van der Waals surface area contributed by atoms with Gasteiger partial charge < -0.3 is 10.3 Å². The van der Waals surface area contributed by atoms with Gasteiger partial charge in [-0.05, 0) is 46.3 Å². The molecule has 0 bridgehead atoms. The van der Waals surface area contributed by atoms with Crippen molar-refractivity contribution >= 4 is 39.1 Å². The molecule has 0 spiro atoms. The van der Waals surface area contributed by atoms with E-state index in [0.29, 0.717) is 16.4 Å². The third-order valence-corrected chi connectivity index (χ3v) is 3.25. The zero-order chi connectivity index (χ0) is 11.5. The Bertz CT molecular complexity index is 511. The van der Waals surface area contributed by atoms with Crippen molar-refractivity contribution in [3.05, 3.63) is 51.7 Å². The molecule has 1 aromatic carbocycles. The average Bonchev–Trinajstić information content (AvgIpc) is 2.77. The molecule has 16 heavy (non-hydrogen) atoms. The molecule has 3 nitrogen and oxygen atoms in total. The first kappa shape index (κ1) is 11.2. The van der Waals surface area contributed by atoms with Gasteiger partial charge in [0.05, 0.1) is 5.02 Å². The van der Waals surface area contributed by atoms with Crippen LogP contribution in [0.4, 0.5) is 5.69 Å². The second-order valence-corrected chi connectivity index (χ2v) is 4.43. The fourth-order valence-electron chi connectivity index (χ4n) is 1.24. The Balaban J connectivity index is 2.15. The van der Waals surface area contributed by atoms with Crippen molar-refractivity contribution in [3.8, 4) is 0 Å². The number of aromatic nitrogens is 1. The van der Waals surface area contributed by atoms with Gasteiger partial charge in [0.25, 0.3) is 5.91 Å². The van der Waals surface area contributed by atoms with Gasteiger partial charge in [-0.25, -0.2) is 0 Å². The maximum absolute atomic E-state index is 11.7. The quantitative estimate of drug-likeness (QED) is 0.873. The number of halogens is 2. The SMILES string of the molecule is O=C(Nc1ccc(Br)c(Cl)c1)c1ccc[nH]1. The second kappa shape index (κ2) is 4.72. The monoisotopic (exact) mass is 298 g/mol. The number of carbonyl (C=O) groups excluding carboxylic acids is 1. The molecule has 1 heterocycles. The number of hydrogen-bond acceptors (Lipinski definition) is 1. The molecule has 2 N–H and O–H groups in total. The second-order valence-electron chi connectivity index (χ2n) is 3.17. The summed E-state index contributed by atoms with van der Waals surface area (Å²) in [5.41, 5.74) is 1.17. The Morgan fingerprint density at radius 3 is 2.81 bits per heavy atom. The lowest BCUT2D eigenvalue weighted by Gasteiger charge is -2.04. The van der Waals surface area contributed by atoms with E-state index < -0.39 is 0 Å². The minimum atomic E-state index is -0.191. The Morgan fingerprint density at radius 1 is 1.38 bits per heavy atom. The molecule has 0 aliphatic rings. The number of aromatic amines is 1. The third-order valence-electron chi connectivity index (χ3n) is 2.02. The predicted octanol–water partition coefficient (Wildman–Crippen LogP) is 3.68. The van der Waals surface area contributed by atoms with Gasteiger partial charge in [0.15, 0.2) is 0 Å². The number of anilines is 1. The van der Waals surface area contributed by atoms with Gasteiger partial charge in [-0.1, -0.05) is 11.6 Å². The van der Waals surface area contributed by atoms with E-state index in [1.165, 1.54) is 0 Å². The summed E-state index contributed by atoms with van der Waals surface area (Å²) in [7, 11) is 0. The Hall–Kier alpha value is -1.26. The molecule has 0 saturated carbocycles. The highest BCUT2D eigenvalue weighted by Crippen LogP contribution is 2.25. The molecule has 0 aliphatic heterocycles. The number of carbonyl (C=O) groups is 1. The van der Waals surface area contributed by atoms with Gasteiger partial charge >= 0.3 is 0 Å². The summed E-state index contributed by atoms with van der Waals surface area (Å²) in [4.78, 5) is 14.5. The molecule has 2 rings (SSSR count). The summed E-state index contributed by atoms with van der Waals surface area (Å²) in [5, 5.41) is 3.30. The highest BCUT2D eigenvalue weighted by atomic mass is 79.9. The van der Waals surface area contributed by atoms with E-state index in [-0.39, 0.29) is 5.91 Å². The largest absolute Gasteiger partial charge is 0.357 e. The van der Waals surface area contributed by atoms with Crippen molar-refractivity contribution in [3.63, 3.8) is 0 Å². The van der Waals surface area contributed by atoms with Crippen LogP contribution in [0, 0.1) is 0 Å². The maximum atomic E-state index is 11.7. The normalized spacial score (nSPS) is 10.1. The number of amides is 1. The molecule has 1 aromatic heterocycles.